The van der Waals surface area contributed by atoms with Crippen LogP contribution in [0.25, 0.3) is 0 Å². The molecule has 9 heteroatoms. The molecule has 0 aromatic carbocycles. The van der Waals surface area contributed by atoms with E-state index in [4.69, 9.17) is 51.1 Å². The van der Waals surface area contributed by atoms with Gasteiger partial charge in [-0.05, 0) is 46.4 Å². The highest BCUT2D eigenvalue weighted by molar-refractivity contribution is 6.70. The van der Waals surface area contributed by atoms with Crippen LogP contribution in [0.3, 0.4) is 0 Å². The van der Waals surface area contributed by atoms with Gasteiger partial charge in [0, 0.05) is 0 Å². The molecule has 0 spiro atoms. The molecule has 1 saturated heterocycles. The lowest BCUT2D eigenvalue weighted by atomic mass is 9.89. The van der Waals surface area contributed by atoms with Crippen molar-refractivity contribution in [2.24, 2.45) is 11.8 Å². The molecule has 0 aliphatic carbocycles. The van der Waals surface area contributed by atoms with Gasteiger partial charge in [-0.15, -0.1) is 0 Å². The van der Waals surface area contributed by atoms with Crippen molar-refractivity contribution >= 4 is 67.4 Å². The van der Waals surface area contributed by atoms with Crippen LogP contribution in [0.4, 0.5) is 0 Å². The Kier molecular flexibility index (Phi) is 4.92. The molecule has 0 aromatic heterocycles. The molecule has 0 aromatic rings. The SMILES string of the molecule is O=C(Cl)C1OC(C(=O)Cl)C(C(=O)Cl)C1C(=O)Cl. The average Bonchev–Trinajstić information content (AvgIpc) is 2.56. The number of halogens is 4. The third-order valence-electron chi connectivity index (χ3n) is 2.30. The number of ether oxygens (including phenoxy) is 1. The van der Waals surface area contributed by atoms with Gasteiger partial charge < -0.3 is 4.74 Å². The Bertz CT molecular complexity index is 359. The summed E-state index contributed by atoms with van der Waals surface area (Å²) in [4.78, 5) is 44.3. The molecule has 17 heavy (non-hydrogen) atoms. The molecule has 0 amide bonds. The Morgan fingerprint density at radius 1 is 0.647 bits per heavy atom. The predicted molar refractivity (Wildman–Crippen MR) is 59.1 cm³/mol. The fourth-order valence-corrected chi connectivity index (χ4v) is 2.49. The highest BCUT2D eigenvalue weighted by Crippen LogP contribution is 2.38. The zero-order chi connectivity index (χ0) is 13.3. The number of hydrogen-bond acceptors (Lipinski definition) is 5. The van der Waals surface area contributed by atoms with E-state index < -0.39 is 45.0 Å². The normalized spacial score (nSPS) is 32.2. The summed E-state index contributed by atoms with van der Waals surface area (Å²) >= 11 is 20.8. The minimum absolute atomic E-state index is 1.05. The quantitative estimate of drug-likeness (QED) is 0.723. The smallest absolute Gasteiger partial charge is 0.251 e. The van der Waals surface area contributed by atoms with Crippen LogP contribution in [-0.2, 0) is 23.9 Å². The molecule has 1 heterocycles. The lowest BCUT2D eigenvalue weighted by Crippen LogP contribution is -2.34. The van der Waals surface area contributed by atoms with Gasteiger partial charge in [0.2, 0.25) is 10.5 Å². The van der Waals surface area contributed by atoms with Crippen molar-refractivity contribution in [2.45, 2.75) is 12.2 Å². The van der Waals surface area contributed by atoms with Crippen molar-refractivity contribution in [1.82, 2.24) is 0 Å². The highest BCUT2D eigenvalue weighted by atomic mass is 35.5. The predicted octanol–water partition coefficient (Wildman–Crippen LogP) is 1.05. The van der Waals surface area contributed by atoms with E-state index in [2.05, 4.69) is 0 Å². The van der Waals surface area contributed by atoms with Gasteiger partial charge in [-0.1, -0.05) is 0 Å². The monoisotopic (exact) mass is 320 g/mol. The van der Waals surface area contributed by atoms with Gasteiger partial charge in [-0.2, -0.15) is 0 Å². The van der Waals surface area contributed by atoms with Gasteiger partial charge in [0.05, 0.1) is 11.8 Å². The summed E-state index contributed by atoms with van der Waals surface area (Å²) in [5.41, 5.74) is 0. The molecule has 4 unspecified atom stereocenters. The molecule has 5 nitrogen and oxygen atoms in total. The summed E-state index contributed by atoms with van der Waals surface area (Å²) in [6.07, 6.45) is -3.02. The van der Waals surface area contributed by atoms with Crippen LogP contribution in [0.1, 0.15) is 0 Å². The van der Waals surface area contributed by atoms with E-state index in [0.29, 0.717) is 0 Å². The Morgan fingerprint density at radius 2 is 0.941 bits per heavy atom. The van der Waals surface area contributed by atoms with Gasteiger partial charge in [-0.3, -0.25) is 19.2 Å². The van der Waals surface area contributed by atoms with E-state index in [1.165, 1.54) is 0 Å². The Balaban J connectivity index is 3.17. The Labute approximate surface area is 115 Å². The largest absolute Gasteiger partial charge is 0.355 e. The molecule has 4 atom stereocenters. The number of rotatable bonds is 4. The summed E-state index contributed by atoms with van der Waals surface area (Å²) in [5, 5.41) is -4.23. The fraction of sp³-hybridized carbons (Fsp3) is 0.500. The second-order valence-electron chi connectivity index (χ2n) is 3.25. The van der Waals surface area contributed by atoms with Crippen molar-refractivity contribution in [2.75, 3.05) is 0 Å². The average molecular weight is 322 g/mol. The maximum atomic E-state index is 11.2. The van der Waals surface area contributed by atoms with Crippen LogP contribution < -0.4 is 0 Å². The van der Waals surface area contributed by atoms with Crippen molar-refractivity contribution in [3.05, 3.63) is 0 Å². The Hall–Kier alpha value is -0.200. The lowest BCUT2D eigenvalue weighted by Gasteiger charge is -2.13. The lowest BCUT2D eigenvalue weighted by molar-refractivity contribution is -0.132. The molecule has 0 radical (unpaired) electrons. The molecule has 1 aliphatic heterocycles. The molecule has 94 valence electrons. The fourth-order valence-electron chi connectivity index (χ4n) is 1.61. The van der Waals surface area contributed by atoms with Crippen molar-refractivity contribution < 1.29 is 23.9 Å². The van der Waals surface area contributed by atoms with E-state index >= 15 is 0 Å². The van der Waals surface area contributed by atoms with Crippen LogP contribution in [0, 0.1) is 11.8 Å². The van der Waals surface area contributed by atoms with Crippen LogP contribution in [0.15, 0.2) is 0 Å². The van der Waals surface area contributed by atoms with Crippen LogP contribution in [0.2, 0.25) is 0 Å². The van der Waals surface area contributed by atoms with Crippen molar-refractivity contribution in [3.63, 3.8) is 0 Å². The van der Waals surface area contributed by atoms with Gasteiger partial charge in [0.25, 0.3) is 10.5 Å². The molecule has 1 aliphatic rings. The molecular weight excluding hydrogens is 318 g/mol. The van der Waals surface area contributed by atoms with Crippen LogP contribution in [0.5, 0.6) is 0 Å². The van der Waals surface area contributed by atoms with Gasteiger partial charge >= 0.3 is 0 Å². The number of carbonyl (C=O) groups is 4. The minimum Gasteiger partial charge on any atom is -0.355 e. The molecular formula is C8H4Cl4O5. The molecule has 1 rings (SSSR count). The third-order valence-corrected chi connectivity index (χ3v) is 3.24. The molecule has 0 N–H and O–H groups in total. The van der Waals surface area contributed by atoms with Crippen LogP contribution in [-0.4, -0.2) is 33.2 Å². The second-order valence-corrected chi connectivity index (χ2v) is 4.74. The Morgan fingerprint density at radius 3 is 1.12 bits per heavy atom. The molecule has 0 saturated carbocycles. The second kappa shape index (κ2) is 5.63. The van der Waals surface area contributed by atoms with Crippen molar-refractivity contribution in [1.29, 1.82) is 0 Å². The number of carbonyl (C=O) groups excluding carboxylic acids is 4. The topological polar surface area (TPSA) is 77.5 Å². The molecule has 0 bridgehead atoms. The third kappa shape index (κ3) is 2.98. The standard InChI is InChI=1S/C8H4Cl4O5/c9-5(13)1-2(6(10)14)4(8(12)16)17-3(1)7(11)15/h1-4H. The summed E-state index contributed by atoms with van der Waals surface area (Å²) in [6.45, 7) is 0. The first kappa shape index (κ1) is 14.9. The van der Waals surface area contributed by atoms with Crippen molar-refractivity contribution in [3.8, 4) is 0 Å². The first-order chi connectivity index (χ1) is 7.77. The molecule has 1 fully saturated rings. The summed E-state index contributed by atoms with van der Waals surface area (Å²) in [5.74, 6) is -2.83. The maximum absolute atomic E-state index is 11.2. The maximum Gasteiger partial charge on any atom is 0.251 e. The van der Waals surface area contributed by atoms with E-state index in [1.54, 1.807) is 0 Å². The van der Waals surface area contributed by atoms with E-state index in [-0.39, 0.29) is 0 Å². The summed E-state index contributed by atoms with van der Waals surface area (Å²) < 4.78 is 4.86. The first-order valence-corrected chi connectivity index (χ1v) is 5.71. The zero-order valence-corrected chi connectivity index (χ0v) is 10.9. The van der Waals surface area contributed by atoms with Gasteiger partial charge in [-0.25, -0.2) is 0 Å². The summed E-state index contributed by atoms with van der Waals surface area (Å²) in [7, 11) is 0. The van der Waals surface area contributed by atoms with Gasteiger partial charge in [0.15, 0.2) is 0 Å². The first-order valence-electron chi connectivity index (χ1n) is 4.20. The summed E-state index contributed by atoms with van der Waals surface area (Å²) in [6, 6.07) is 0. The van der Waals surface area contributed by atoms with E-state index in [1.807, 2.05) is 0 Å². The van der Waals surface area contributed by atoms with E-state index in [0.717, 1.165) is 0 Å². The highest BCUT2D eigenvalue weighted by Gasteiger charge is 2.55. The van der Waals surface area contributed by atoms with Crippen LogP contribution >= 0.6 is 46.4 Å². The number of hydrogen-bond donors (Lipinski definition) is 0. The zero-order valence-electron chi connectivity index (χ0n) is 7.86. The van der Waals surface area contributed by atoms with E-state index in [9.17, 15) is 19.2 Å². The minimum atomic E-state index is -1.51. The van der Waals surface area contributed by atoms with Gasteiger partial charge in [0.1, 0.15) is 12.2 Å².